The van der Waals surface area contributed by atoms with Gasteiger partial charge in [-0.1, -0.05) is 19.1 Å². The highest BCUT2D eigenvalue weighted by molar-refractivity contribution is 5.76. The maximum atomic E-state index is 11.7. The maximum Gasteiger partial charge on any atom is 0.329 e. The number of ether oxygens (including phenoxy) is 1. The third-order valence-electron chi connectivity index (χ3n) is 2.35. The van der Waals surface area contributed by atoms with Crippen molar-refractivity contribution in [2.75, 3.05) is 20.3 Å². The van der Waals surface area contributed by atoms with Crippen LogP contribution in [0.25, 0.3) is 0 Å². The molecule has 1 heterocycles. The highest BCUT2D eigenvalue weighted by Crippen LogP contribution is 2.11. The predicted molar refractivity (Wildman–Crippen MR) is 64.7 cm³/mol. The Morgan fingerprint density at radius 3 is 2.89 bits per heavy atom. The van der Waals surface area contributed by atoms with Gasteiger partial charge < -0.3 is 9.84 Å². The number of nitrogens with one attached hydrogen (secondary N) is 1. The molecular formula is C11H20N4O3. The molecule has 0 radical (unpaired) electrons. The first-order valence-electron chi connectivity index (χ1n) is 5.90. The molecule has 1 rings (SSSR count). The van der Waals surface area contributed by atoms with E-state index in [-0.39, 0.29) is 6.61 Å². The third kappa shape index (κ3) is 4.08. The lowest BCUT2D eigenvalue weighted by Crippen LogP contribution is -2.32. The van der Waals surface area contributed by atoms with Crippen molar-refractivity contribution in [2.45, 2.75) is 26.4 Å². The molecule has 102 valence electrons. The van der Waals surface area contributed by atoms with Gasteiger partial charge in [0.25, 0.3) is 0 Å². The van der Waals surface area contributed by atoms with Gasteiger partial charge in [0, 0.05) is 0 Å². The Bertz CT molecular complexity index is 378. The summed E-state index contributed by atoms with van der Waals surface area (Å²) in [6, 6.07) is -0.621. The SMILES string of the molecule is COC(=O)C(NCC(C)C)c1cn(CCO)nn1. The fourth-order valence-electron chi connectivity index (χ4n) is 1.44. The van der Waals surface area contributed by atoms with E-state index in [9.17, 15) is 4.79 Å². The molecule has 2 N–H and O–H groups in total. The summed E-state index contributed by atoms with van der Waals surface area (Å²) in [7, 11) is 1.34. The second kappa shape index (κ2) is 7.07. The van der Waals surface area contributed by atoms with Gasteiger partial charge in [-0.2, -0.15) is 0 Å². The molecule has 1 aromatic rings. The van der Waals surface area contributed by atoms with E-state index in [1.54, 1.807) is 6.20 Å². The number of carbonyl (C=O) groups excluding carboxylic acids is 1. The number of nitrogens with zero attached hydrogens (tertiary/aromatic N) is 3. The summed E-state index contributed by atoms with van der Waals surface area (Å²) in [6.45, 7) is 5.09. The summed E-state index contributed by atoms with van der Waals surface area (Å²) in [5.74, 6) is 0.0105. The molecule has 0 bridgehead atoms. The lowest BCUT2D eigenvalue weighted by Gasteiger charge is -2.15. The van der Waals surface area contributed by atoms with Gasteiger partial charge in [-0.05, 0) is 12.5 Å². The van der Waals surface area contributed by atoms with Crippen LogP contribution in [-0.4, -0.2) is 46.3 Å². The standard InChI is InChI=1S/C11H20N4O3/c1-8(2)6-12-10(11(17)18-3)9-7-15(4-5-16)14-13-9/h7-8,10,12,16H,4-6H2,1-3H3. The van der Waals surface area contributed by atoms with E-state index < -0.39 is 12.0 Å². The Kier molecular flexibility index (Phi) is 5.73. The fourth-order valence-corrected chi connectivity index (χ4v) is 1.44. The van der Waals surface area contributed by atoms with Gasteiger partial charge in [0.2, 0.25) is 0 Å². The predicted octanol–water partition coefficient (Wildman–Crippen LogP) is -0.270. The number of hydrogen-bond acceptors (Lipinski definition) is 6. The molecular weight excluding hydrogens is 236 g/mol. The lowest BCUT2D eigenvalue weighted by atomic mass is 10.1. The van der Waals surface area contributed by atoms with Gasteiger partial charge >= 0.3 is 5.97 Å². The topological polar surface area (TPSA) is 89.3 Å². The first-order chi connectivity index (χ1) is 8.58. The van der Waals surface area contributed by atoms with E-state index >= 15 is 0 Å². The van der Waals surface area contributed by atoms with Crippen LogP contribution in [0.5, 0.6) is 0 Å². The zero-order valence-electron chi connectivity index (χ0n) is 11.0. The Morgan fingerprint density at radius 1 is 1.61 bits per heavy atom. The van der Waals surface area contributed by atoms with E-state index in [1.165, 1.54) is 11.8 Å². The van der Waals surface area contributed by atoms with Crippen molar-refractivity contribution < 1.29 is 14.6 Å². The number of esters is 1. The van der Waals surface area contributed by atoms with Gasteiger partial charge in [-0.25, -0.2) is 9.48 Å². The first-order valence-corrected chi connectivity index (χ1v) is 5.90. The monoisotopic (exact) mass is 256 g/mol. The lowest BCUT2D eigenvalue weighted by molar-refractivity contribution is -0.143. The minimum absolute atomic E-state index is 0.0227. The van der Waals surface area contributed by atoms with Crippen LogP contribution in [0.1, 0.15) is 25.6 Å². The smallest absolute Gasteiger partial charge is 0.329 e. The molecule has 0 aliphatic heterocycles. The van der Waals surface area contributed by atoms with Crippen molar-refractivity contribution in [3.63, 3.8) is 0 Å². The average Bonchev–Trinajstić information content (AvgIpc) is 2.77. The van der Waals surface area contributed by atoms with E-state index in [2.05, 4.69) is 15.6 Å². The summed E-state index contributed by atoms with van der Waals surface area (Å²) in [5.41, 5.74) is 0.496. The molecule has 0 spiro atoms. The first kappa shape index (κ1) is 14.6. The number of aliphatic hydroxyl groups is 1. The third-order valence-corrected chi connectivity index (χ3v) is 2.35. The minimum atomic E-state index is -0.621. The van der Waals surface area contributed by atoms with Crippen LogP contribution in [0.2, 0.25) is 0 Å². The largest absolute Gasteiger partial charge is 0.468 e. The minimum Gasteiger partial charge on any atom is -0.468 e. The molecule has 0 aliphatic carbocycles. The quantitative estimate of drug-likeness (QED) is 0.653. The van der Waals surface area contributed by atoms with Crippen molar-refractivity contribution >= 4 is 5.97 Å². The van der Waals surface area contributed by atoms with Crippen molar-refractivity contribution in [3.8, 4) is 0 Å². The molecule has 0 fully saturated rings. The maximum absolute atomic E-state index is 11.7. The molecule has 18 heavy (non-hydrogen) atoms. The number of aromatic nitrogens is 3. The summed E-state index contributed by atoms with van der Waals surface area (Å²) in [6.07, 6.45) is 1.63. The van der Waals surface area contributed by atoms with Crippen LogP contribution >= 0.6 is 0 Å². The highest BCUT2D eigenvalue weighted by Gasteiger charge is 2.24. The zero-order valence-corrected chi connectivity index (χ0v) is 11.0. The van der Waals surface area contributed by atoms with E-state index in [0.29, 0.717) is 24.7 Å². The summed E-state index contributed by atoms with van der Waals surface area (Å²) >= 11 is 0. The van der Waals surface area contributed by atoms with Gasteiger partial charge in [0.1, 0.15) is 5.69 Å². The summed E-state index contributed by atoms with van der Waals surface area (Å²) in [4.78, 5) is 11.7. The molecule has 0 aromatic carbocycles. The Morgan fingerprint density at radius 2 is 2.33 bits per heavy atom. The Balaban J connectivity index is 2.77. The van der Waals surface area contributed by atoms with Crippen molar-refractivity contribution in [3.05, 3.63) is 11.9 Å². The Hall–Kier alpha value is -1.47. The van der Waals surface area contributed by atoms with E-state index in [0.717, 1.165) is 0 Å². The van der Waals surface area contributed by atoms with Crippen LogP contribution < -0.4 is 5.32 Å². The van der Waals surface area contributed by atoms with Crippen molar-refractivity contribution in [2.24, 2.45) is 5.92 Å². The van der Waals surface area contributed by atoms with Crippen molar-refractivity contribution in [1.29, 1.82) is 0 Å². The normalized spacial score (nSPS) is 12.7. The fraction of sp³-hybridized carbons (Fsp3) is 0.727. The van der Waals surface area contributed by atoms with Gasteiger partial charge in [0.15, 0.2) is 6.04 Å². The van der Waals surface area contributed by atoms with Gasteiger partial charge in [-0.15, -0.1) is 5.10 Å². The van der Waals surface area contributed by atoms with Crippen LogP contribution in [0.4, 0.5) is 0 Å². The summed E-state index contributed by atoms with van der Waals surface area (Å²) < 4.78 is 6.23. The zero-order chi connectivity index (χ0) is 13.5. The van der Waals surface area contributed by atoms with Gasteiger partial charge in [0.05, 0.1) is 26.5 Å². The number of hydrogen-bond donors (Lipinski definition) is 2. The molecule has 0 saturated heterocycles. The average molecular weight is 256 g/mol. The molecule has 1 aromatic heterocycles. The van der Waals surface area contributed by atoms with Crippen LogP contribution in [0.15, 0.2) is 6.20 Å². The van der Waals surface area contributed by atoms with Gasteiger partial charge in [-0.3, -0.25) is 5.32 Å². The molecule has 1 atom stereocenters. The van der Waals surface area contributed by atoms with E-state index in [1.807, 2.05) is 13.8 Å². The Labute approximate surface area is 106 Å². The van der Waals surface area contributed by atoms with Crippen molar-refractivity contribution in [1.82, 2.24) is 20.3 Å². The summed E-state index contributed by atoms with van der Waals surface area (Å²) in [5, 5.41) is 19.6. The number of rotatable bonds is 7. The van der Waals surface area contributed by atoms with Crippen LogP contribution in [0.3, 0.4) is 0 Å². The second-order valence-electron chi connectivity index (χ2n) is 4.39. The number of carbonyl (C=O) groups is 1. The number of methoxy groups -OCH3 is 1. The molecule has 0 aliphatic rings. The molecule has 1 unspecified atom stereocenters. The molecule has 0 amide bonds. The molecule has 7 nitrogen and oxygen atoms in total. The number of aliphatic hydroxyl groups excluding tert-OH is 1. The highest BCUT2D eigenvalue weighted by atomic mass is 16.5. The van der Waals surface area contributed by atoms with Crippen LogP contribution in [0, 0.1) is 5.92 Å². The molecule has 0 saturated carbocycles. The van der Waals surface area contributed by atoms with Crippen LogP contribution in [-0.2, 0) is 16.1 Å². The second-order valence-corrected chi connectivity index (χ2v) is 4.39. The van der Waals surface area contributed by atoms with E-state index in [4.69, 9.17) is 9.84 Å². The molecule has 7 heteroatoms.